The van der Waals surface area contributed by atoms with E-state index in [4.69, 9.17) is 0 Å². The lowest BCUT2D eigenvalue weighted by atomic mass is 9.85. The number of carbonyl (C=O) groups excluding carboxylic acids is 12. The van der Waals surface area contributed by atoms with Gasteiger partial charge in [-0.1, -0.05) is 123 Å². The molecule has 6 rings (SSSR count). The highest BCUT2D eigenvalue weighted by Gasteiger charge is 2.50. The van der Waals surface area contributed by atoms with Gasteiger partial charge < -0.3 is 60.0 Å². The lowest BCUT2D eigenvalue weighted by Crippen LogP contribution is -2.65. The summed E-state index contributed by atoms with van der Waals surface area (Å²) in [4.78, 5) is 189. The van der Waals surface area contributed by atoms with Gasteiger partial charge in [-0.15, -0.1) is 0 Å². The van der Waals surface area contributed by atoms with E-state index in [2.05, 4.69) is 16.0 Å². The number of nitrogens with zero attached hydrogens (tertiary/aromatic N) is 9. The van der Waals surface area contributed by atoms with Crippen LogP contribution < -0.4 is 16.0 Å². The smallest absolute Gasteiger partial charge is 0.248 e. The maximum absolute atomic E-state index is 15.4. The Morgan fingerprint density at radius 2 is 1.17 bits per heavy atom. The van der Waals surface area contributed by atoms with Crippen LogP contribution in [0.4, 0.5) is 0 Å². The first-order valence-corrected chi connectivity index (χ1v) is 34.9. The number of carbonyl (C=O) groups is 12. The van der Waals surface area contributed by atoms with Crippen LogP contribution in [0.2, 0.25) is 0 Å². The van der Waals surface area contributed by atoms with Crippen LogP contribution in [0.5, 0.6) is 0 Å². The molecule has 12 amide bonds. The molecule has 2 aliphatic carbocycles. The second kappa shape index (κ2) is 35.0. The Morgan fingerprint density at radius 1 is 0.564 bits per heavy atom. The Hall–Kier alpha value is -7.14. The largest absolute Gasteiger partial charge is 0.343 e. The molecule has 1 aromatic rings. The number of hydrogen-bond acceptors (Lipinski definition) is 12. The molecule has 3 heterocycles. The molecule has 0 aromatic heterocycles. The molecule has 3 aliphatic heterocycles. The van der Waals surface area contributed by atoms with Gasteiger partial charge in [0.1, 0.15) is 47.8 Å². The summed E-state index contributed by atoms with van der Waals surface area (Å²) < 4.78 is 0. The predicted octanol–water partition coefficient (Wildman–Crippen LogP) is 4.22. The summed E-state index contributed by atoms with van der Waals surface area (Å²) in [6, 6.07) is 1.36. The third-order valence-corrected chi connectivity index (χ3v) is 20.7. The summed E-state index contributed by atoms with van der Waals surface area (Å²) in [7, 11) is 10.2. The Bertz CT molecular complexity index is 2820. The van der Waals surface area contributed by atoms with Crippen LogP contribution in [0.1, 0.15) is 176 Å². The number of nitrogens with one attached hydrogen (secondary N) is 3. The van der Waals surface area contributed by atoms with Crippen molar-refractivity contribution in [1.29, 1.82) is 0 Å². The van der Waals surface area contributed by atoms with Crippen molar-refractivity contribution >= 4 is 70.9 Å². The van der Waals surface area contributed by atoms with Crippen molar-refractivity contribution in [3.8, 4) is 0 Å². The molecular formula is C70H112N12O12. The van der Waals surface area contributed by atoms with E-state index < -0.39 is 157 Å². The summed E-state index contributed by atoms with van der Waals surface area (Å²) >= 11 is 0. The average Bonchev–Trinajstić information content (AvgIpc) is 1.44. The molecule has 2 saturated carbocycles. The van der Waals surface area contributed by atoms with Crippen LogP contribution in [-0.4, -0.2) is 251 Å². The van der Waals surface area contributed by atoms with Crippen LogP contribution in [0.15, 0.2) is 30.3 Å². The second-order valence-corrected chi connectivity index (χ2v) is 28.5. The SMILES string of the molecule is CC[C@H](C)[C@@H]1NC(=O)[C@H](CC(C)C)N(C)C(=O)C[C@@H](C(=O)N2CCCCC2)N(C)C(=O)[C@H](C(C)C)N(C)C(=O)C2(CCCC2)NC(=O)[C@@H]2CCCN2C(=O)[C@H](CCc2ccccc2)NC(=O)CN(C)C(=O)[C@H](CCC2CCCCC2)N(C)C(=O)CN(C)C(=O)CN(C)C1=O. The maximum Gasteiger partial charge on any atom is 0.248 e. The molecule has 1 spiro atoms. The molecule has 524 valence electrons. The monoisotopic (exact) mass is 1310 g/mol. The van der Waals surface area contributed by atoms with Gasteiger partial charge in [-0.25, -0.2) is 0 Å². The quantitative estimate of drug-likeness (QED) is 0.266. The molecule has 3 N–H and O–H groups in total. The van der Waals surface area contributed by atoms with Gasteiger partial charge in [0.2, 0.25) is 70.9 Å². The van der Waals surface area contributed by atoms with Gasteiger partial charge in [0.05, 0.1) is 26.1 Å². The van der Waals surface area contributed by atoms with Crippen LogP contribution in [0, 0.1) is 23.7 Å². The fourth-order valence-electron chi connectivity index (χ4n) is 14.5. The minimum Gasteiger partial charge on any atom is -0.343 e. The van der Waals surface area contributed by atoms with Crippen LogP contribution in [0.3, 0.4) is 0 Å². The first-order valence-electron chi connectivity index (χ1n) is 34.9. The van der Waals surface area contributed by atoms with Crippen molar-refractivity contribution in [2.45, 2.75) is 224 Å². The summed E-state index contributed by atoms with van der Waals surface area (Å²) in [5.41, 5.74) is -0.577. The van der Waals surface area contributed by atoms with Gasteiger partial charge in [-0.2, -0.15) is 0 Å². The van der Waals surface area contributed by atoms with Gasteiger partial charge in [0, 0.05) is 69.0 Å². The fraction of sp³-hybridized carbons (Fsp3) is 0.743. The summed E-state index contributed by atoms with van der Waals surface area (Å²) in [6.45, 7) is 10.5. The first kappa shape index (κ1) is 75.9. The number of aryl methyl sites for hydroxylation is 1. The van der Waals surface area contributed by atoms with Gasteiger partial charge in [0.25, 0.3) is 0 Å². The lowest BCUT2D eigenvalue weighted by molar-refractivity contribution is -0.156. The zero-order valence-electron chi connectivity index (χ0n) is 58.8. The van der Waals surface area contributed by atoms with Crippen molar-refractivity contribution in [3.05, 3.63) is 35.9 Å². The number of hydrogen-bond donors (Lipinski definition) is 3. The normalized spacial score (nSPS) is 26.6. The lowest BCUT2D eigenvalue weighted by Gasteiger charge is -2.42. The standard InChI is InChI=1S/C70H112N12O12/c1-14-48(6)60-67(92)76(9)44-58(85)74(7)45-59(86)77(10)53(35-33-50-29-20-16-21-30-50)65(90)75(8)43-56(83)71-51(34-32-49-27-18-15-19-28-49)64(89)82-40-26-31-52(82)63(88)73-70(36-22-23-37-70)69(94)80(13)61(47(4)5)68(93)79(12)55(66(91)81-38-24-17-25-39-81)42-57(84)78(11)54(41-46(2)3)62(87)72-60/h15,18-19,27-28,46-48,50-55,60-61H,14,16-17,20-26,29-45H2,1-13H3,(H,71,83)(H,72,87)(H,73,88)/t48-,51-,52-,53-,54-,55-,60-,61-/m0/s1. The molecule has 3 saturated heterocycles. The number of piperidine rings is 1. The third kappa shape index (κ3) is 19.5. The van der Waals surface area contributed by atoms with E-state index in [0.717, 1.165) is 44.1 Å². The average molecular weight is 1310 g/mol. The zero-order chi connectivity index (χ0) is 69.3. The number of rotatable bonds is 12. The highest BCUT2D eigenvalue weighted by molar-refractivity contribution is 6.00. The molecule has 24 nitrogen and oxygen atoms in total. The molecule has 5 fully saturated rings. The maximum atomic E-state index is 15.4. The highest BCUT2D eigenvalue weighted by atomic mass is 16.2. The highest BCUT2D eigenvalue weighted by Crippen LogP contribution is 2.35. The van der Waals surface area contributed by atoms with Crippen LogP contribution in [-0.2, 0) is 64.0 Å². The molecule has 1 aromatic carbocycles. The van der Waals surface area contributed by atoms with Crippen molar-refractivity contribution in [3.63, 3.8) is 0 Å². The number of amides is 12. The molecule has 24 heteroatoms. The van der Waals surface area contributed by atoms with Crippen LogP contribution >= 0.6 is 0 Å². The fourth-order valence-corrected chi connectivity index (χ4v) is 14.5. The first-order chi connectivity index (χ1) is 44.5. The molecule has 94 heavy (non-hydrogen) atoms. The molecule has 0 radical (unpaired) electrons. The van der Waals surface area contributed by atoms with Crippen molar-refractivity contribution in [2.24, 2.45) is 23.7 Å². The number of benzene rings is 1. The van der Waals surface area contributed by atoms with E-state index in [9.17, 15) is 43.2 Å². The predicted molar refractivity (Wildman–Crippen MR) is 356 cm³/mol. The van der Waals surface area contributed by atoms with E-state index in [1.807, 2.05) is 51.1 Å². The molecule has 0 unspecified atom stereocenters. The third-order valence-electron chi connectivity index (χ3n) is 20.7. The van der Waals surface area contributed by atoms with Gasteiger partial charge >= 0.3 is 0 Å². The summed E-state index contributed by atoms with van der Waals surface area (Å²) in [5, 5.41) is 8.95. The summed E-state index contributed by atoms with van der Waals surface area (Å²) in [5.74, 6) is -7.69. The van der Waals surface area contributed by atoms with E-state index in [1.54, 1.807) is 25.7 Å². The number of fused-ring (bicyclic) bond motifs is 1. The van der Waals surface area contributed by atoms with Crippen molar-refractivity contribution < 1.29 is 57.5 Å². The molecular weight excluding hydrogens is 1200 g/mol. The summed E-state index contributed by atoms with van der Waals surface area (Å²) in [6.07, 6.45) is 11.4. The Kier molecular flexibility index (Phi) is 28.3. The number of likely N-dealkylation sites (N-methyl/N-ethyl adjacent to an activating group) is 7. The van der Waals surface area contributed by atoms with Crippen molar-refractivity contribution in [2.75, 3.05) is 88.6 Å². The van der Waals surface area contributed by atoms with Gasteiger partial charge in [-0.3, -0.25) is 57.5 Å². The van der Waals surface area contributed by atoms with Crippen LogP contribution in [0.25, 0.3) is 0 Å². The molecule has 0 bridgehead atoms. The van der Waals surface area contributed by atoms with E-state index in [-0.39, 0.29) is 51.0 Å². The van der Waals surface area contributed by atoms with Gasteiger partial charge in [0.15, 0.2) is 0 Å². The van der Waals surface area contributed by atoms with E-state index >= 15 is 14.4 Å². The topological polar surface area (TPSA) is 270 Å². The van der Waals surface area contributed by atoms with E-state index in [0.29, 0.717) is 70.4 Å². The van der Waals surface area contributed by atoms with E-state index in [1.165, 1.54) is 88.5 Å². The Labute approximate surface area is 558 Å². The van der Waals surface area contributed by atoms with Gasteiger partial charge in [-0.05, 0) is 106 Å². The Morgan fingerprint density at radius 3 is 1.79 bits per heavy atom. The second-order valence-electron chi connectivity index (χ2n) is 28.5. The minimum atomic E-state index is -1.48. The van der Waals surface area contributed by atoms with Crippen molar-refractivity contribution in [1.82, 2.24) is 60.0 Å². The minimum absolute atomic E-state index is 0.143. The zero-order valence-corrected chi connectivity index (χ0v) is 58.8. The molecule has 5 aliphatic rings. The number of likely N-dealkylation sites (tertiary alicyclic amines) is 1. The molecule has 8 atom stereocenters. The Balaban J connectivity index is 1.40.